The van der Waals surface area contributed by atoms with Gasteiger partial charge < -0.3 is 9.30 Å². The normalized spacial score (nSPS) is 10.0. The Balaban J connectivity index is 2.40. The number of hydrogen-bond acceptors (Lipinski definition) is 2. The number of aromatic nitrogens is 1. The van der Waals surface area contributed by atoms with Crippen LogP contribution in [0.15, 0.2) is 18.3 Å². The molecule has 0 radical (unpaired) electrons. The second kappa shape index (κ2) is 4.70. The van der Waals surface area contributed by atoms with E-state index in [0.717, 1.165) is 13.0 Å². The maximum atomic E-state index is 10.5. The summed E-state index contributed by atoms with van der Waals surface area (Å²) in [5.41, 5.74) is 1.21. The van der Waals surface area contributed by atoms with Crippen molar-refractivity contribution in [2.45, 2.75) is 26.8 Å². The first-order chi connectivity index (χ1) is 6.24. The van der Waals surface area contributed by atoms with E-state index in [2.05, 4.69) is 11.5 Å². The SMILES string of the molecule is CCn1cccc1CCOC(C)=O. The van der Waals surface area contributed by atoms with Crippen molar-refractivity contribution in [1.29, 1.82) is 0 Å². The van der Waals surface area contributed by atoms with Crippen molar-refractivity contribution in [1.82, 2.24) is 4.57 Å². The number of rotatable bonds is 4. The topological polar surface area (TPSA) is 31.2 Å². The third-order valence-electron chi connectivity index (χ3n) is 1.93. The highest BCUT2D eigenvalue weighted by atomic mass is 16.5. The highest BCUT2D eigenvalue weighted by Gasteiger charge is 1.99. The number of carbonyl (C=O) groups excluding carboxylic acids is 1. The molecule has 3 heteroatoms. The summed E-state index contributed by atoms with van der Waals surface area (Å²) >= 11 is 0. The Labute approximate surface area is 78.3 Å². The molecule has 1 heterocycles. The van der Waals surface area contributed by atoms with Gasteiger partial charge in [0, 0.05) is 31.8 Å². The highest BCUT2D eigenvalue weighted by molar-refractivity contribution is 5.65. The van der Waals surface area contributed by atoms with Gasteiger partial charge in [-0.2, -0.15) is 0 Å². The third-order valence-corrected chi connectivity index (χ3v) is 1.93. The summed E-state index contributed by atoms with van der Waals surface area (Å²) in [6.07, 6.45) is 2.82. The molecule has 0 amide bonds. The molecule has 0 fully saturated rings. The van der Waals surface area contributed by atoms with Crippen molar-refractivity contribution in [3.63, 3.8) is 0 Å². The molecule has 1 aromatic rings. The quantitative estimate of drug-likeness (QED) is 0.661. The Morgan fingerprint density at radius 1 is 1.62 bits per heavy atom. The largest absolute Gasteiger partial charge is 0.465 e. The Bertz CT molecular complexity index is 278. The fraction of sp³-hybridized carbons (Fsp3) is 0.500. The molecule has 13 heavy (non-hydrogen) atoms. The van der Waals surface area contributed by atoms with Crippen molar-refractivity contribution in [3.05, 3.63) is 24.0 Å². The average molecular weight is 181 g/mol. The molecule has 1 rings (SSSR count). The molecule has 0 aromatic carbocycles. The van der Waals surface area contributed by atoms with E-state index in [9.17, 15) is 4.79 Å². The second-order valence-electron chi connectivity index (χ2n) is 2.88. The van der Waals surface area contributed by atoms with Crippen LogP contribution in [0, 0.1) is 0 Å². The smallest absolute Gasteiger partial charge is 0.302 e. The van der Waals surface area contributed by atoms with Crippen molar-refractivity contribution < 1.29 is 9.53 Å². The Morgan fingerprint density at radius 3 is 3.00 bits per heavy atom. The molecule has 0 aliphatic carbocycles. The molecule has 1 aromatic heterocycles. The van der Waals surface area contributed by atoms with Crippen LogP contribution in [-0.2, 0) is 22.5 Å². The van der Waals surface area contributed by atoms with Crippen LogP contribution in [0.3, 0.4) is 0 Å². The lowest BCUT2D eigenvalue weighted by Crippen LogP contribution is -2.06. The number of carbonyl (C=O) groups is 1. The zero-order valence-corrected chi connectivity index (χ0v) is 8.12. The fourth-order valence-electron chi connectivity index (χ4n) is 1.28. The van der Waals surface area contributed by atoms with E-state index in [1.165, 1.54) is 12.6 Å². The highest BCUT2D eigenvalue weighted by Crippen LogP contribution is 2.03. The van der Waals surface area contributed by atoms with Gasteiger partial charge in [0.1, 0.15) is 0 Å². The molecular formula is C10H15NO2. The maximum absolute atomic E-state index is 10.5. The lowest BCUT2D eigenvalue weighted by Gasteiger charge is -2.05. The van der Waals surface area contributed by atoms with Gasteiger partial charge in [0.2, 0.25) is 0 Å². The second-order valence-corrected chi connectivity index (χ2v) is 2.88. The van der Waals surface area contributed by atoms with Gasteiger partial charge in [-0.05, 0) is 19.1 Å². The van der Waals surface area contributed by atoms with Crippen molar-refractivity contribution in [2.24, 2.45) is 0 Å². The minimum Gasteiger partial charge on any atom is -0.465 e. The lowest BCUT2D eigenvalue weighted by molar-refractivity contribution is -0.140. The summed E-state index contributed by atoms with van der Waals surface area (Å²) in [5.74, 6) is -0.213. The van der Waals surface area contributed by atoms with Gasteiger partial charge in [0.25, 0.3) is 0 Å². The molecule has 0 atom stereocenters. The zero-order chi connectivity index (χ0) is 9.68. The minimum absolute atomic E-state index is 0.213. The van der Waals surface area contributed by atoms with E-state index < -0.39 is 0 Å². The van der Waals surface area contributed by atoms with Crippen molar-refractivity contribution >= 4 is 5.97 Å². The van der Waals surface area contributed by atoms with Crippen LogP contribution in [0.2, 0.25) is 0 Å². The van der Waals surface area contributed by atoms with Gasteiger partial charge in [-0.25, -0.2) is 0 Å². The molecule has 3 nitrogen and oxygen atoms in total. The lowest BCUT2D eigenvalue weighted by atomic mass is 10.3. The molecule has 0 unspecified atom stereocenters. The summed E-state index contributed by atoms with van der Waals surface area (Å²) in [7, 11) is 0. The van der Waals surface area contributed by atoms with E-state index in [0.29, 0.717) is 6.61 Å². The maximum Gasteiger partial charge on any atom is 0.302 e. The van der Waals surface area contributed by atoms with E-state index in [-0.39, 0.29) is 5.97 Å². The van der Waals surface area contributed by atoms with Crippen LogP contribution in [-0.4, -0.2) is 17.1 Å². The van der Waals surface area contributed by atoms with E-state index in [1.54, 1.807) is 0 Å². The molecule has 0 saturated heterocycles. The molecule has 0 aliphatic heterocycles. The molecule has 0 spiro atoms. The Hall–Kier alpha value is -1.25. The molecular weight excluding hydrogens is 166 g/mol. The number of esters is 1. The van der Waals surface area contributed by atoms with E-state index >= 15 is 0 Å². The van der Waals surface area contributed by atoms with Gasteiger partial charge in [-0.15, -0.1) is 0 Å². The molecule has 0 N–H and O–H groups in total. The molecule has 0 saturated carbocycles. The van der Waals surface area contributed by atoms with Gasteiger partial charge >= 0.3 is 5.97 Å². The first kappa shape index (κ1) is 9.84. The van der Waals surface area contributed by atoms with Crippen LogP contribution in [0.25, 0.3) is 0 Å². The van der Waals surface area contributed by atoms with Gasteiger partial charge in [-0.3, -0.25) is 4.79 Å². The number of ether oxygens (including phenoxy) is 1. The van der Waals surface area contributed by atoms with Crippen LogP contribution in [0.1, 0.15) is 19.5 Å². The average Bonchev–Trinajstić information content (AvgIpc) is 2.51. The Morgan fingerprint density at radius 2 is 2.38 bits per heavy atom. The van der Waals surface area contributed by atoms with Crippen LogP contribution in [0.5, 0.6) is 0 Å². The van der Waals surface area contributed by atoms with Crippen LogP contribution >= 0.6 is 0 Å². The van der Waals surface area contributed by atoms with Gasteiger partial charge in [-0.1, -0.05) is 0 Å². The Kier molecular flexibility index (Phi) is 3.55. The predicted octanol–water partition coefficient (Wildman–Crippen LogP) is 1.61. The van der Waals surface area contributed by atoms with Gasteiger partial charge in [0.15, 0.2) is 0 Å². The standard InChI is InChI=1S/C10H15NO2/c1-3-11-7-4-5-10(11)6-8-13-9(2)12/h4-5,7H,3,6,8H2,1-2H3. The van der Waals surface area contributed by atoms with E-state index in [4.69, 9.17) is 4.74 Å². The zero-order valence-electron chi connectivity index (χ0n) is 8.12. The summed E-state index contributed by atoms with van der Waals surface area (Å²) in [4.78, 5) is 10.5. The predicted molar refractivity (Wildman–Crippen MR) is 50.4 cm³/mol. The molecule has 0 bridgehead atoms. The number of nitrogens with zero attached hydrogens (tertiary/aromatic N) is 1. The molecule has 0 aliphatic rings. The summed E-state index contributed by atoms with van der Waals surface area (Å²) in [6.45, 7) is 4.95. The van der Waals surface area contributed by atoms with Crippen LogP contribution in [0.4, 0.5) is 0 Å². The van der Waals surface area contributed by atoms with E-state index in [1.807, 2.05) is 18.3 Å². The van der Waals surface area contributed by atoms with Crippen molar-refractivity contribution in [3.8, 4) is 0 Å². The van der Waals surface area contributed by atoms with Crippen molar-refractivity contribution in [2.75, 3.05) is 6.61 Å². The summed E-state index contributed by atoms with van der Waals surface area (Å²) in [6, 6.07) is 4.06. The minimum atomic E-state index is -0.213. The molecule has 72 valence electrons. The van der Waals surface area contributed by atoms with Crippen LogP contribution < -0.4 is 0 Å². The first-order valence-corrected chi connectivity index (χ1v) is 4.51. The number of hydrogen-bond donors (Lipinski definition) is 0. The number of aryl methyl sites for hydroxylation is 1. The summed E-state index contributed by atoms with van der Waals surface area (Å²) < 4.78 is 7.00. The summed E-state index contributed by atoms with van der Waals surface area (Å²) in [5, 5.41) is 0. The first-order valence-electron chi connectivity index (χ1n) is 4.51. The van der Waals surface area contributed by atoms with Gasteiger partial charge in [0.05, 0.1) is 6.61 Å². The third kappa shape index (κ3) is 2.93. The monoisotopic (exact) mass is 181 g/mol. The fourth-order valence-corrected chi connectivity index (χ4v) is 1.28.